The van der Waals surface area contributed by atoms with Crippen LogP contribution in [0.1, 0.15) is 23.5 Å². The molecule has 0 amide bonds. The second-order valence-corrected chi connectivity index (χ2v) is 7.65. The molecule has 2 aliphatic rings. The molecule has 2 aliphatic heterocycles. The Morgan fingerprint density at radius 2 is 1.77 bits per heavy atom. The third-order valence-corrected chi connectivity index (χ3v) is 5.86. The van der Waals surface area contributed by atoms with E-state index in [1.54, 1.807) is 7.11 Å². The predicted octanol–water partition coefficient (Wildman–Crippen LogP) is 4.25. The monoisotopic (exact) mass is 518 g/mol. The van der Waals surface area contributed by atoms with Gasteiger partial charge in [0, 0.05) is 51.4 Å². The summed E-state index contributed by atoms with van der Waals surface area (Å²) in [7, 11) is 3.58. The number of hydrogen-bond donors (Lipinski definition) is 1. The maximum Gasteiger partial charge on any atom is 0.193 e. The highest BCUT2D eigenvalue weighted by Crippen LogP contribution is 2.28. The van der Waals surface area contributed by atoms with Gasteiger partial charge < -0.3 is 19.9 Å². The molecule has 2 aromatic carbocycles. The normalized spacial score (nSPS) is 18.5. The largest absolute Gasteiger partial charge is 0.497 e. The van der Waals surface area contributed by atoms with Gasteiger partial charge in [0.1, 0.15) is 5.75 Å². The van der Waals surface area contributed by atoms with E-state index in [9.17, 15) is 0 Å². The van der Waals surface area contributed by atoms with Crippen molar-refractivity contribution in [3.63, 3.8) is 0 Å². The maximum atomic E-state index is 5.27. The number of halogens is 1. The highest BCUT2D eigenvalue weighted by molar-refractivity contribution is 14.0. The molecule has 0 spiro atoms. The van der Waals surface area contributed by atoms with Gasteiger partial charge in [0.05, 0.1) is 7.11 Å². The fourth-order valence-electron chi connectivity index (χ4n) is 4.13. The topological polar surface area (TPSA) is 40.1 Å². The zero-order valence-electron chi connectivity index (χ0n) is 17.8. The smallest absolute Gasteiger partial charge is 0.193 e. The lowest BCUT2D eigenvalue weighted by Crippen LogP contribution is -2.39. The zero-order valence-corrected chi connectivity index (χ0v) is 20.1. The van der Waals surface area contributed by atoms with Crippen molar-refractivity contribution in [3.8, 4) is 5.75 Å². The molecule has 1 saturated heterocycles. The minimum Gasteiger partial charge on any atom is -0.497 e. The van der Waals surface area contributed by atoms with Gasteiger partial charge in [-0.25, -0.2) is 0 Å². The maximum absolute atomic E-state index is 5.27. The molecule has 1 atom stereocenters. The van der Waals surface area contributed by atoms with Crippen LogP contribution in [-0.2, 0) is 6.54 Å². The molecular weight excluding hydrogens is 487 g/mol. The molecule has 0 bridgehead atoms. The van der Waals surface area contributed by atoms with E-state index in [1.165, 1.54) is 16.8 Å². The highest BCUT2D eigenvalue weighted by Gasteiger charge is 2.26. The highest BCUT2D eigenvalue weighted by atomic mass is 127. The summed E-state index contributed by atoms with van der Waals surface area (Å²) in [6, 6.07) is 17.3. The molecule has 4 rings (SSSR count). The second kappa shape index (κ2) is 10.7. The number of hydrogen-bond acceptors (Lipinski definition) is 3. The number of likely N-dealkylation sites (tertiary alicyclic amines) is 1. The van der Waals surface area contributed by atoms with Gasteiger partial charge in [-0.2, -0.15) is 0 Å². The van der Waals surface area contributed by atoms with Crippen molar-refractivity contribution in [2.75, 3.05) is 45.2 Å². The fraction of sp³-hybridized carbons (Fsp3) is 0.375. The molecule has 2 aromatic rings. The van der Waals surface area contributed by atoms with Crippen molar-refractivity contribution in [1.82, 2.24) is 10.2 Å². The summed E-state index contributed by atoms with van der Waals surface area (Å²) in [5, 5.41) is 3.54. The number of rotatable bonds is 5. The Balaban J connectivity index is 0.00000256. The fourth-order valence-corrected chi connectivity index (χ4v) is 4.13. The molecule has 1 unspecified atom stereocenters. The summed E-state index contributed by atoms with van der Waals surface area (Å²) in [5.74, 6) is 2.43. The number of benzene rings is 2. The first-order chi connectivity index (χ1) is 14.3. The van der Waals surface area contributed by atoms with Gasteiger partial charge in [-0.1, -0.05) is 36.4 Å². The quantitative estimate of drug-likeness (QED) is 0.278. The van der Waals surface area contributed by atoms with Gasteiger partial charge in [-0.05, 0) is 41.8 Å². The SMILES string of the molecule is CN=C(NCc1ccc(N2CC=CC2)cc1)N1CCC(c2ccc(OC)cc2)C1.I. The standard InChI is InChI=1S/C24H30N4O.HI/c1-25-24(26-17-19-5-9-22(10-6-19)27-14-3-4-15-27)28-16-13-21(18-28)20-7-11-23(29-2)12-8-20;/h3-12,21H,13-18H2,1-2H3,(H,25,26);1H. The van der Waals surface area contributed by atoms with Crippen LogP contribution in [0.5, 0.6) is 5.75 Å². The Hall–Kier alpha value is -2.22. The zero-order chi connectivity index (χ0) is 20.1. The first-order valence-corrected chi connectivity index (χ1v) is 10.4. The minimum absolute atomic E-state index is 0. The van der Waals surface area contributed by atoms with Crippen LogP contribution < -0.4 is 15.0 Å². The van der Waals surface area contributed by atoms with Gasteiger partial charge >= 0.3 is 0 Å². The van der Waals surface area contributed by atoms with E-state index < -0.39 is 0 Å². The summed E-state index contributed by atoms with van der Waals surface area (Å²) < 4.78 is 5.27. The minimum atomic E-state index is 0. The van der Waals surface area contributed by atoms with Crippen molar-refractivity contribution in [2.24, 2.45) is 4.99 Å². The van der Waals surface area contributed by atoms with Crippen LogP contribution in [0.4, 0.5) is 5.69 Å². The average molecular weight is 518 g/mol. The van der Waals surface area contributed by atoms with E-state index in [0.29, 0.717) is 5.92 Å². The first-order valence-electron chi connectivity index (χ1n) is 10.4. The Labute approximate surface area is 196 Å². The van der Waals surface area contributed by atoms with E-state index in [0.717, 1.165) is 50.9 Å². The molecule has 0 saturated carbocycles. The molecule has 0 radical (unpaired) electrons. The van der Waals surface area contributed by atoms with E-state index >= 15 is 0 Å². The van der Waals surface area contributed by atoms with Crippen LogP contribution in [0.25, 0.3) is 0 Å². The molecule has 2 heterocycles. The van der Waals surface area contributed by atoms with E-state index in [1.807, 2.05) is 19.2 Å². The lowest BCUT2D eigenvalue weighted by Gasteiger charge is -2.22. The molecular formula is C24H31IN4O. The van der Waals surface area contributed by atoms with Gasteiger partial charge in [-0.3, -0.25) is 4.99 Å². The number of aliphatic imine (C=N–C) groups is 1. The van der Waals surface area contributed by atoms with Crippen molar-refractivity contribution < 1.29 is 4.74 Å². The second-order valence-electron chi connectivity index (χ2n) is 7.65. The van der Waals surface area contributed by atoms with Crippen LogP contribution in [0.15, 0.2) is 65.7 Å². The van der Waals surface area contributed by atoms with Gasteiger partial charge in [0.15, 0.2) is 5.96 Å². The number of methoxy groups -OCH3 is 1. The van der Waals surface area contributed by atoms with Crippen LogP contribution in [0, 0.1) is 0 Å². The van der Waals surface area contributed by atoms with Crippen LogP contribution in [0.2, 0.25) is 0 Å². The summed E-state index contributed by atoms with van der Waals surface area (Å²) in [4.78, 5) is 9.24. The van der Waals surface area contributed by atoms with Crippen molar-refractivity contribution >= 4 is 35.6 Å². The van der Waals surface area contributed by atoms with E-state index in [-0.39, 0.29) is 24.0 Å². The Morgan fingerprint density at radius 3 is 2.40 bits per heavy atom. The van der Waals surface area contributed by atoms with E-state index in [2.05, 4.69) is 68.7 Å². The number of nitrogens with one attached hydrogen (secondary N) is 1. The summed E-state index contributed by atoms with van der Waals surface area (Å²) in [5.41, 5.74) is 3.92. The number of anilines is 1. The van der Waals surface area contributed by atoms with Crippen molar-refractivity contribution in [2.45, 2.75) is 18.9 Å². The third kappa shape index (κ3) is 5.28. The third-order valence-electron chi connectivity index (χ3n) is 5.86. The molecule has 0 aromatic heterocycles. The summed E-state index contributed by atoms with van der Waals surface area (Å²) >= 11 is 0. The van der Waals surface area contributed by atoms with E-state index in [4.69, 9.17) is 4.74 Å². The average Bonchev–Trinajstić information content (AvgIpc) is 3.48. The molecule has 0 aliphatic carbocycles. The van der Waals surface area contributed by atoms with Crippen LogP contribution in [-0.4, -0.2) is 51.2 Å². The van der Waals surface area contributed by atoms with Crippen LogP contribution >= 0.6 is 24.0 Å². The molecule has 160 valence electrons. The lowest BCUT2D eigenvalue weighted by atomic mass is 9.98. The molecule has 6 heteroatoms. The predicted molar refractivity (Wildman–Crippen MR) is 135 cm³/mol. The Morgan fingerprint density at radius 1 is 1.07 bits per heavy atom. The first kappa shape index (κ1) is 22.5. The number of ether oxygens (including phenoxy) is 1. The Kier molecular flexibility index (Phi) is 8.01. The molecule has 1 N–H and O–H groups in total. The number of nitrogens with zero attached hydrogens (tertiary/aromatic N) is 3. The van der Waals surface area contributed by atoms with Crippen molar-refractivity contribution in [3.05, 3.63) is 71.8 Å². The van der Waals surface area contributed by atoms with Gasteiger partial charge in [-0.15, -0.1) is 24.0 Å². The van der Waals surface area contributed by atoms with Gasteiger partial charge in [0.25, 0.3) is 0 Å². The Bertz CT molecular complexity index is 856. The number of guanidine groups is 1. The molecule has 1 fully saturated rings. The summed E-state index contributed by atoms with van der Waals surface area (Å²) in [6.45, 7) is 4.82. The van der Waals surface area contributed by atoms with Crippen LogP contribution in [0.3, 0.4) is 0 Å². The lowest BCUT2D eigenvalue weighted by molar-refractivity contribution is 0.414. The summed E-state index contributed by atoms with van der Waals surface area (Å²) in [6.07, 6.45) is 5.58. The molecule has 30 heavy (non-hydrogen) atoms. The van der Waals surface area contributed by atoms with Crippen molar-refractivity contribution in [1.29, 1.82) is 0 Å². The van der Waals surface area contributed by atoms with Gasteiger partial charge in [0.2, 0.25) is 0 Å². The molecule has 5 nitrogen and oxygen atoms in total.